The molecular weight excluding hydrogens is 268 g/mol. The molecular formula is C16H10F4. The molecule has 0 aromatic heterocycles. The smallest absolute Gasteiger partial charge is 0.198 e. The minimum atomic E-state index is -1.78. The van der Waals surface area contributed by atoms with Crippen molar-refractivity contribution in [3.05, 3.63) is 70.3 Å². The lowest BCUT2D eigenvalue weighted by molar-refractivity contribution is 0.407. The van der Waals surface area contributed by atoms with Crippen LogP contribution in [0.5, 0.6) is 0 Å². The summed E-state index contributed by atoms with van der Waals surface area (Å²) in [7, 11) is 0. The Morgan fingerprint density at radius 1 is 0.900 bits per heavy atom. The first-order valence-electron chi connectivity index (χ1n) is 6.14. The fourth-order valence-electron chi connectivity index (χ4n) is 2.59. The molecule has 4 heteroatoms. The molecule has 0 fully saturated rings. The van der Waals surface area contributed by atoms with Crippen molar-refractivity contribution < 1.29 is 17.6 Å². The highest BCUT2D eigenvalue weighted by molar-refractivity contribution is 5.91. The highest BCUT2D eigenvalue weighted by Gasteiger charge is 2.27. The summed E-state index contributed by atoms with van der Waals surface area (Å²) in [5.74, 6) is -6.50. The van der Waals surface area contributed by atoms with E-state index in [1.807, 2.05) is 31.2 Å². The van der Waals surface area contributed by atoms with Gasteiger partial charge in [0, 0.05) is 11.5 Å². The fourth-order valence-corrected chi connectivity index (χ4v) is 2.59. The van der Waals surface area contributed by atoms with Crippen LogP contribution in [0.15, 0.2) is 30.3 Å². The van der Waals surface area contributed by atoms with E-state index in [9.17, 15) is 17.6 Å². The number of rotatable bonds is 1. The third-order valence-electron chi connectivity index (χ3n) is 3.65. The number of halogens is 4. The lowest BCUT2D eigenvalue weighted by Gasteiger charge is -2.13. The zero-order chi connectivity index (χ0) is 14.4. The van der Waals surface area contributed by atoms with Gasteiger partial charge in [-0.15, -0.1) is 0 Å². The lowest BCUT2D eigenvalue weighted by atomic mass is 9.92. The van der Waals surface area contributed by atoms with E-state index in [-0.39, 0.29) is 11.5 Å². The van der Waals surface area contributed by atoms with Crippen LogP contribution in [0.2, 0.25) is 0 Å². The summed E-state index contributed by atoms with van der Waals surface area (Å²) in [6.07, 6.45) is 1.68. The van der Waals surface area contributed by atoms with Crippen molar-refractivity contribution in [2.45, 2.75) is 12.8 Å². The second-order valence-corrected chi connectivity index (χ2v) is 4.80. The number of hydrogen-bond donors (Lipinski definition) is 0. The zero-order valence-corrected chi connectivity index (χ0v) is 10.6. The van der Waals surface area contributed by atoms with Crippen LogP contribution in [0.4, 0.5) is 17.6 Å². The Balaban J connectivity index is 2.18. The zero-order valence-electron chi connectivity index (χ0n) is 10.6. The van der Waals surface area contributed by atoms with Crippen LogP contribution in [0, 0.1) is 23.3 Å². The van der Waals surface area contributed by atoms with Gasteiger partial charge >= 0.3 is 0 Å². The molecule has 0 saturated carbocycles. The molecule has 0 saturated heterocycles. The summed E-state index contributed by atoms with van der Waals surface area (Å²) in [6, 6.07) is 8.09. The number of allylic oxidation sites excluding steroid dienone is 1. The monoisotopic (exact) mass is 278 g/mol. The second kappa shape index (κ2) is 4.47. The van der Waals surface area contributed by atoms with Crippen molar-refractivity contribution in [3.8, 4) is 0 Å². The Kier molecular flexibility index (Phi) is 2.89. The van der Waals surface area contributed by atoms with E-state index in [1.54, 1.807) is 6.08 Å². The van der Waals surface area contributed by atoms with Gasteiger partial charge in [-0.1, -0.05) is 37.3 Å². The maximum atomic E-state index is 13.9. The third-order valence-corrected chi connectivity index (χ3v) is 3.65. The molecule has 0 N–H and O–H groups in total. The van der Waals surface area contributed by atoms with E-state index in [0.717, 1.165) is 11.1 Å². The van der Waals surface area contributed by atoms with Gasteiger partial charge in [0.1, 0.15) is 0 Å². The Hall–Kier alpha value is -2.10. The largest absolute Gasteiger partial charge is 0.204 e. The summed E-state index contributed by atoms with van der Waals surface area (Å²) < 4.78 is 53.5. The lowest BCUT2D eigenvalue weighted by Crippen LogP contribution is -2.03. The van der Waals surface area contributed by atoms with Crippen LogP contribution in [-0.2, 0) is 0 Å². The Morgan fingerprint density at radius 2 is 1.60 bits per heavy atom. The molecule has 1 aliphatic carbocycles. The van der Waals surface area contributed by atoms with E-state index >= 15 is 0 Å². The molecule has 1 unspecified atom stereocenters. The number of hydrogen-bond acceptors (Lipinski definition) is 0. The Bertz CT molecular complexity index is 731. The van der Waals surface area contributed by atoms with Gasteiger partial charge in [0.2, 0.25) is 0 Å². The summed E-state index contributed by atoms with van der Waals surface area (Å²) in [4.78, 5) is 0. The van der Waals surface area contributed by atoms with Gasteiger partial charge in [-0.25, -0.2) is 17.6 Å². The molecule has 3 rings (SSSR count). The van der Waals surface area contributed by atoms with E-state index in [1.165, 1.54) is 0 Å². The summed E-state index contributed by atoms with van der Waals surface area (Å²) in [5.41, 5.74) is 2.04. The predicted octanol–water partition coefficient (Wildman–Crippen LogP) is 4.90. The number of benzene rings is 2. The third kappa shape index (κ3) is 1.75. The van der Waals surface area contributed by atoms with Crippen LogP contribution in [0.25, 0.3) is 11.6 Å². The first-order chi connectivity index (χ1) is 9.50. The molecule has 2 aromatic carbocycles. The Morgan fingerprint density at radius 3 is 2.30 bits per heavy atom. The van der Waals surface area contributed by atoms with E-state index in [0.29, 0.717) is 11.6 Å². The van der Waals surface area contributed by atoms with Crippen molar-refractivity contribution in [2.24, 2.45) is 0 Å². The van der Waals surface area contributed by atoms with Gasteiger partial charge in [-0.2, -0.15) is 0 Å². The van der Waals surface area contributed by atoms with Gasteiger partial charge in [-0.3, -0.25) is 0 Å². The molecule has 0 amide bonds. The predicted molar refractivity (Wildman–Crippen MR) is 69.0 cm³/mol. The summed E-state index contributed by atoms with van der Waals surface area (Å²) in [5, 5.41) is 0. The van der Waals surface area contributed by atoms with Crippen molar-refractivity contribution in [1.29, 1.82) is 0 Å². The van der Waals surface area contributed by atoms with Crippen molar-refractivity contribution in [1.82, 2.24) is 0 Å². The fraction of sp³-hybridized carbons (Fsp3) is 0.125. The highest BCUT2D eigenvalue weighted by Crippen LogP contribution is 2.42. The number of fused-ring (bicyclic) bond motifs is 1. The molecule has 0 bridgehead atoms. The topological polar surface area (TPSA) is 0 Å². The van der Waals surface area contributed by atoms with Crippen LogP contribution in [0.3, 0.4) is 0 Å². The van der Waals surface area contributed by atoms with Gasteiger partial charge < -0.3 is 0 Å². The second-order valence-electron chi connectivity index (χ2n) is 4.80. The average Bonchev–Trinajstić information content (AvgIpc) is 2.78. The first kappa shape index (κ1) is 12.9. The molecule has 102 valence electrons. The maximum Gasteiger partial charge on any atom is 0.198 e. The quantitative estimate of drug-likeness (QED) is 0.395. The molecule has 20 heavy (non-hydrogen) atoms. The molecule has 0 aliphatic heterocycles. The summed E-state index contributed by atoms with van der Waals surface area (Å²) in [6.45, 7) is 1.82. The normalized spacial score (nSPS) is 17.1. The molecule has 0 radical (unpaired) electrons. The molecule has 0 spiro atoms. The average molecular weight is 278 g/mol. The van der Waals surface area contributed by atoms with Crippen LogP contribution >= 0.6 is 0 Å². The van der Waals surface area contributed by atoms with E-state index in [4.69, 9.17) is 0 Å². The maximum absolute atomic E-state index is 13.9. The molecule has 1 atom stereocenters. The van der Waals surface area contributed by atoms with Gasteiger partial charge in [0.05, 0.1) is 0 Å². The van der Waals surface area contributed by atoms with Gasteiger partial charge in [0.15, 0.2) is 23.3 Å². The van der Waals surface area contributed by atoms with Crippen LogP contribution in [0.1, 0.15) is 29.5 Å². The van der Waals surface area contributed by atoms with Crippen molar-refractivity contribution in [2.75, 3.05) is 0 Å². The van der Waals surface area contributed by atoms with Crippen LogP contribution < -0.4 is 0 Å². The van der Waals surface area contributed by atoms with E-state index in [2.05, 4.69) is 0 Å². The minimum Gasteiger partial charge on any atom is -0.204 e. The van der Waals surface area contributed by atoms with Crippen molar-refractivity contribution >= 4 is 11.6 Å². The molecule has 0 nitrogen and oxygen atoms in total. The first-order valence-corrected chi connectivity index (χ1v) is 6.14. The Labute approximate surface area is 113 Å². The van der Waals surface area contributed by atoms with Gasteiger partial charge in [-0.05, 0) is 22.8 Å². The van der Waals surface area contributed by atoms with Gasteiger partial charge in [0.25, 0.3) is 0 Å². The minimum absolute atomic E-state index is 0.204. The highest BCUT2D eigenvalue weighted by atomic mass is 19.2. The SMILES string of the molecule is CC1C(c2cc(F)c(F)c(F)c2F)=Cc2ccccc21. The molecule has 0 heterocycles. The molecule has 2 aromatic rings. The standard InChI is InChI=1S/C16H10F4/c1-8-10-5-3-2-4-9(10)6-11(8)12-7-13(17)15(19)16(20)14(12)18/h2-8H,1H3. The molecule has 1 aliphatic rings. The van der Waals surface area contributed by atoms with E-state index < -0.39 is 23.3 Å². The van der Waals surface area contributed by atoms with Crippen molar-refractivity contribution in [3.63, 3.8) is 0 Å². The van der Waals surface area contributed by atoms with Crippen LogP contribution in [-0.4, -0.2) is 0 Å². The summed E-state index contributed by atoms with van der Waals surface area (Å²) >= 11 is 0.